The number of halogens is 1. The highest BCUT2D eigenvalue weighted by Gasteiger charge is 2.39. The van der Waals surface area contributed by atoms with E-state index in [4.69, 9.17) is 4.42 Å². The lowest BCUT2D eigenvalue weighted by Gasteiger charge is -2.38. The van der Waals surface area contributed by atoms with E-state index in [0.29, 0.717) is 22.8 Å². The molecule has 0 aliphatic carbocycles. The lowest BCUT2D eigenvalue weighted by atomic mass is 9.78. The minimum atomic E-state index is -0.0250. The fourth-order valence-corrected chi connectivity index (χ4v) is 3.85. The molecule has 2 aromatic rings. The fourth-order valence-electron chi connectivity index (χ4n) is 3.85. The van der Waals surface area contributed by atoms with Gasteiger partial charge in [0.2, 0.25) is 11.7 Å². The summed E-state index contributed by atoms with van der Waals surface area (Å²) in [7, 11) is 0. The molecule has 1 aromatic heterocycles. The molecule has 2 fully saturated rings. The number of nitrogens with zero attached hydrogens (tertiary/aromatic N) is 2. The van der Waals surface area contributed by atoms with Gasteiger partial charge < -0.3 is 14.6 Å². The number of nitrogens with one attached hydrogen (secondary N) is 1. The van der Waals surface area contributed by atoms with Gasteiger partial charge in [-0.05, 0) is 50.3 Å². The Balaban J connectivity index is 0.00000182. The Morgan fingerprint density at radius 1 is 1.20 bits per heavy atom. The van der Waals surface area contributed by atoms with Gasteiger partial charge in [0.05, 0.1) is 5.69 Å². The molecule has 1 spiro atoms. The van der Waals surface area contributed by atoms with Crippen LogP contribution in [-0.2, 0) is 0 Å². The third-order valence-electron chi connectivity index (χ3n) is 5.45. The van der Waals surface area contributed by atoms with Crippen molar-refractivity contribution in [2.24, 2.45) is 5.41 Å². The Morgan fingerprint density at radius 2 is 1.92 bits per heavy atom. The molecule has 1 aromatic carbocycles. The van der Waals surface area contributed by atoms with Crippen molar-refractivity contribution >= 4 is 18.3 Å². The normalized spacial score (nSPS) is 19.0. The Bertz CT molecular complexity index is 728. The van der Waals surface area contributed by atoms with Crippen LogP contribution in [0.15, 0.2) is 34.7 Å². The van der Waals surface area contributed by atoms with Crippen LogP contribution < -0.4 is 5.32 Å². The highest BCUT2D eigenvalue weighted by atomic mass is 35.5. The predicted octanol–water partition coefficient (Wildman–Crippen LogP) is 3.29. The summed E-state index contributed by atoms with van der Waals surface area (Å²) >= 11 is 0. The van der Waals surface area contributed by atoms with Crippen molar-refractivity contribution in [2.45, 2.75) is 26.2 Å². The summed E-state index contributed by atoms with van der Waals surface area (Å²) in [6.07, 6.45) is 3.38. The number of hydrogen-bond donors (Lipinski definition) is 1. The zero-order valence-electron chi connectivity index (χ0n) is 14.5. The van der Waals surface area contributed by atoms with Crippen molar-refractivity contribution in [1.29, 1.82) is 0 Å². The second-order valence-corrected chi connectivity index (χ2v) is 7.02. The maximum atomic E-state index is 12.8. The van der Waals surface area contributed by atoms with Gasteiger partial charge >= 0.3 is 0 Å². The molecule has 2 aliphatic heterocycles. The maximum Gasteiger partial charge on any atom is 0.291 e. The zero-order valence-corrected chi connectivity index (χ0v) is 15.3. The minimum absolute atomic E-state index is 0. The summed E-state index contributed by atoms with van der Waals surface area (Å²) in [6, 6.07) is 9.72. The predicted molar refractivity (Wildman–Crippen MR) is 99.0 cm³/mol. The van der Waals surface area contributed by atoms with Crippen LogP contribution in [0.25, 0.3) is 11.5 Å². The Hall–Kier alpha value is -1.85. The molecular weight excluding hydrogens is 338 g/mol. The summed E-state index contributed by atoms with van der Waals surface area (Å²) in [5.74, 6) is 0.877. The van der Waals surface area contributed by atoms with Crippen molar-refractivity contribution in [2.75, 3.05) is 26.2 Å². The molecule has 1 N–H and O–H groups in total. The van der Waals surface area contributed by atoms with Gasteiger partial charge in [0.15, 0.2) is 0 Å². The van der Waals surface area contributed by atoms with E-state index in [1.165, 1.54) is 6.42 Å². The zero-order chi connectivity index (χ0) is 16.6. The van der Waals surface area contributed by atoms with E-state index in [9.17, 15) is 4.79 Å². The SMILES string of the molecule is Cc1nc(-c2ccccc2)oc1C(=O)N1CCC2(CCNC2)CC1.Cl. The molecule has 4 rings (SSSR count). The van der Waals surface area contributed by atoms with Gasteiger partial charge in [-0.3, -0.25) is 4.79 Å². The van der Waals surface area contributed by atoms with Crippen LogP contribution in [0.3, 0.4) is 0 Å². The van der Waals surface area contributed by atoms with Crippen molar-refractivity contribution in [1.82, 2.24) is 15.2 Å². The third kappa shape index (κ3) is 3.44. The quantitative estimate of drug-likeness (QED) is 0.891. The molecule has 0 unspecified atom stereocenters. The first-order chi connectivity index (χ1) is 11.7. The first-order valence-electron chi connectivity index (χ1n) is 8.70. The number of likely N-dealkylation sites (tertiary alicyclic amines) is 1. The third-order valence-corrected chi connectivity index (χ3v) is 5.45. The van der Waals surface area contributed by atoms with Gasteiger partial charge in [0.1, 0.15) is 0 Å². The van der Waals surface area contributed by atoms with Crippen LogP contribution in [0.1, 0.15) is 35.5 Å². The number of oxazole rings is 1. The molecule has 25 heavy (non-hydrogen) atoms. The van der Waals surface area contributed by atoms with Gasteiger partial charge in [-0.2, -0.15) is 0 Å². The molecule has 0 atom stereocenters. The van der Waals surface area contributed by atoms with Crippen LogP contribution in [-0.4, -0.2) is 42.0 Å². The molecule has 134 valence electrons. The van der Waals surface area contributed by atoms with Crippen molar-refractivity contribution in [3.63, 3.8) is 0 Å². The van der Waals surface area contributed by atoms with E-state index >= 15 is 0 Å². The van der Waals surface area contributed by atoms with Gasteiger partial charge in [-0.15, -0.1) is 12.4 Å². The fraction of sp³-hybridized carbons (Fsp3) is 0.474. The summed E-state index contributed by atoms with van der Waals surface area (Å²) in [4.78, 5) is 19.2. The summed E-state index contributed by atoms with van der Waals surface area (Å²) in [5.41, 5.74) is 1.97. The Kier molecular flexibility index (Phi) is 5.16. The average molecular weight is 362 g/mol. The highest BCUT2D eigenvalue weighted by Crippen LogP contribution is 2.37. The van der Waals surface area contributed by atoms with E-state index in [2.05, 4.69) is 10.3 Å². The molecule has 0 radical (unpaired) electrons. The number of carbonyl (C=O) groups excluding carboxylic acids is 1. The number of aromatic nitrogens is 1. The topological polar surface area (TPSA) is 58.4 Å². The molecule has 0 bridgehead atoms. The largest absolute Gasteiger partial charge is 0.431 e. The number of rotatable bonds is 2. The van der Waals surface area contributed by atoms with E-state index < -0.39 is 0 Å². The van der Waals surface area contributed by atoms with Crippen molar-refractivity contribution in [3.05, 3.63) is 41.8 Å². The number of piperidine rings is 1. The first kappa shape index (κ1) is 18.0. The van der Waals surface area contributed by atoms with E-state index in [1.54, 1.807) is 0 Å². The maximum absolute atomic E-state index is 12.8. The average Bonchev–Trinajstić information content (AvgIpc) is 3.23. The first-order valence-corrected chi connectivity index (χ1v) is 8.70. The molecular formula is C19H24ClN3O2. The second kappa shape index (κ2) is 7.18. The molecule has 0 saturated carbocycles. The standard InChI is InChI=1S/C19H23N3O2.ClH/c1-14-16(24-17(21-14)15-5-3-2-4-6-15)18(23)22-11-8-19(9-12-22)7-10-20-13-19;/h2-6,20H,7-13H2,1H3;1H. The number of benzene rings is 1. The highest BCUT2D eigenvalue weighted by molar-refractivity contribution is 5.93. The van der Waals surface area contributed by atoms with E-state index in [1.807, 2.05) is 42.2 Å². The summed E-state index contributed by atoms with van der Waals surface area (Å²) in [5, 5.41) is 3.46. The lowest BCUT2D eigenvalue weighted by molar-refractivity contribution is 0.0577. The molecule has 1 amide bonds. The van der Waals surface area contributed by atoms with E-state index in [-0.39, 0.29) is 18.3 Å². The molecule has 2 saturated heterocycles. The number of hydrogen-bond acceptors (Lipinski definition) is 4. The smallest absolute Gasteiger partial charge is 0.291 e. The second-order valence-electron chi connectivity index (χ2n) is 7.02. The van der Waals surface area contributed by atoms with Crippen LogP contribution in [0.5, 0.6) is 0 Å². The minimum Gasteiger partial charge on any atom is -0.431 e. The van der Waals surface area contributed by atoms with Crippen molar-refractivity contribution < 1.29 is 9.21 Å². The van der Waals surface area contributed by atoms with Crippen LogP contribution in [0, 0.1) is 12.3 Å². The number of aryl methyl sites for hydroxylation is 1. The van der Waals surface area contributed by atoms with Crippen LogP contribution in [0.4, 0.5) is 0 Å². The number of amides is 1. The summed E-state index contributed by atoms with van der Waals surface area (Å²) in [6.45, 7) is 5.66. The molecule has 3 heterocycles. The monoisotopic (exact) mass is 361 g/mol. The molecule has 5 nitrogen and oxygen atoms in total. The Labute approximate surface area is 154 Å². The lowest BCUT2D eigenvalue weighted by Crippen LogP contribution is -2.44. The van der Waals surface area contributed by atoms with Crippen LogP contribution >= 0.6 is 12.4 Å². The summed E-state index contributed by atoms with van der Waals surface area (Å²) < 4.78 is 5.82. The Morgan fingerprint density at radius 3 is 2.56 bits per heavy atom. The van der Waals surface area contributed by atoms with Gasteiger partial charge in [-0.1, -0.05) is 18.2 Å². The molecule has 6 heteroatoms. The van der Waals surface area contributed by atoms with Crippen LogP contribution in [0.2, 0.25) is 0 Å². The van der Waals surface area contributed by atoms with Crippen molar-refractivity contribution in [3.8, 4) is 11.5 Å². The van der Waals surface area contributed by atoms with Gasteiger partial charge in [0.25, 0.3) is 5.91 Å². The van der Waals surface area contributed by atoms with E-state index in [0.717, 1.165) is 44.6 Å². The number of carbonyl (C=O) groups is 1. The van der Waals surface area contributed by atoms with Gasteiger partial charge in [-0.25, -0.2) is 4.98 Å². The van der Waals surface area contributed by atoms with Gasteiger partial charge in [0, 0.05) is 25.2 Å². The molecule has 2 aliphatic rings.